The molecule has 1 heterocycles. The van der Waals surface area contributed by atoms with E-state index in [4.69, 9.17) is 9.57 Å². The number of oxime groups is 1. The molecule has 4 aromatic rings. The topological polar surface area (TPSA) is 83.5 Å². The first kappa shape index (κ1) is 21.0. The van der Waals surface area contributed by atoms with Crippen LogP contribution >= 0.6 is 0 Å². The van der Waals surface area contributed by atoms with E-state index in [-0.39, 0.29) is 12.3 Å². The van der Waals surface area contributed by atoms with Gasteiger partial charge in [0.15, 0.2) is 5.75 Å². The van der Waals surface area contributed by atoms with Crippen LogP contribution in [0.3, 0.4) is 0 Å². The molecule has 8 heteroatoms. The van der Waals surface area contributed by atoms with Gasteiger partial charge in [0, 0.05) is 18.2 Å². The number of nitrogens with zero attached hydrogens (tertiary/aromatic N) is 5. The number of rotatable bonds is 7. The molecule has 0 spiro atoms. The standard InChI is InChI=1S/C24H23N5O3/c1-17-9-7-14-23(29-24(30)28(3)26-27-29)22(17)16-31-21-13-8-10-19(15-21)18(2)25-32-20-11-5-4-6-12-20/h4-15H,16H2,1-3H3/b25-18-. The molecule has 4 rings (SSSR count). The molecule has 0 aliphatic carbocycles. The van der Waals surface area contributed by atoms with Gasteiger partial charge < -0.3 is 9.57 Å². The minimum absolute atomic E-state index is 0.269. The quantitative estimate of drug-likeness (QED) is 0.331. The number of aromatic nitrogens is 4. The summed E-state index contributed by atoms with van der Waals surface area (Å²) in [5, 5.41) is 12.0. The fourth-order valence-electron chi connectivity index (χ4n) is 3.16. The summed E-state index contributed by atoms with van der Waals surface area (Å²) in [4.78, 5) is 17.8. The van der Waals surface area contributed by atoms with Crippen molar-refractivity contribution in [1.29, 1.82) is 0 Å². The molecule has 0 aliphatic rings. The Labute approximate surface area is 185 Å². The van der Waals surface area contributed by atoms with Crippen LogP contribution in [0.5, 0.6) is 11.5 Å². The second-order valence-corrected chi connectivity index (χ2v) is 7.27. The van der Waals surface area contributed by atoms with Crippen molar-refractivity contribution in [1.82, 2.24) is 19.8 Å². The molecule has 0 bridgehead atoms. The number of tetrazole rings is 1. The Morgan fingerprint density at radius 1 is 0.969 bits per heavy atom. The molecule has 0 atom stereocenters. The van der Waals surface area contributed by atoms with Gasteiger partial charge in [-0.2, -0.15) is 9.36 Å². The van der Waals surface area contributed by atoms with Gasteiger partial charge in [0.2, 0.25) is 0 Å². The van der Waals surface area contributed by atoms with Crippen LogP contribution in [0.1, 0.15) is 23.6 Å². The first-order valence-corrected chi connectivity index (χ1v) is 10.1. The Morgan fingerprint density at radius 2 is 1.72 bits per heavy atom. The van der Waals surface area contributed by atoms with Crippen molar-refractivity contribution in [2.45, 2.75) is 20.5 Å². The van der Waals surface area contributed by atoms with Crippen molar-refractivity contribution in [2.75, 3.05) is 0 Å². The Kier molecular flexibility index (Phi) is 6.12. The Morgan fingerprint density at radius 3 is 2.47 bits per heavy atom. The Hall–Kier alpha value is -4.20. The van der Waals surface area contributed by atoms with E-state index in [2.05, 4.69) is 15.6 Å². The van der Waals surface area contributed by atoms with Gasteiger partial charge in [0.1, 0.15) is 12.4 Å². The van der Waals surface area contributed by atoms with Crippen LogP contribution in [0, 0.1) is 6.92 Å². The lowest BCUT2D eigenvalue weighted by Crippen LogP contribution is -2.23. The maximum absolute atomic E-state index is 12.3. The zero-order chi connectivity index (χ0) is 22.5. The average molecular weight is 429 g/mol. The zero-order valence-electron chi connectivity index (χ0n) is 18.1. The molecule has 0 radical (unpaired) electrons. The summed E-state index contributed by atoms with van der Waals surface area (Å²) in [6, 6.07) is 22.7. The van der Waals surface area contributed by atoms with Crippen LogP contribution in [-0.4, -0.2) is 25.5 Å². The van der Waals surface area contributed by atoms with Crippen molar-refractivity contribution in [3.8, 4) is 17.2 Å². The predicted octanol–water partition coefficient (Wildman–Crippen LogP) is 3.66. The zero-order valence-corrected chi connectivity index (χ0v) is 18.1. The summed E-state index contributed by atoms with van der Waals surface area (Å²) in [7, 11) is 1.56. The largest absolute Gasteiger partial charge is 0.489 e. The number of para-hydroxylation sites is 1. The molecule has 0 unspecified atom stereocenters. The van der Waals surface area contributed by atoms with Gasteiger partial charge >= 0.3 is 5.69 Å². The fraction of sp³-hybridized carbons (Fsp3) is 0.167. The second-order valence-electron chi connectivity index (χ2n) is 7.27. The molecule has 0 saturated heterocycles. The first-order chi connectivity index (χ1) is 15.5. The summed E-state index contributed by atoms with van der Waals surface area (Å²) in [5.74, 6) is 1.35. The Balaban J connectivity index is 1.53. The van der Waals surface area contributed by atoms with Crippen molar-refractivity contribution >= 4 is 5.71 Å². The van der Waals surface area contributed by atoms with Crippen molar-refractivity contribution in [3.63, 3.8) is 0 Å². The molecule has 0 aliphatic heterocycles. The fourth-order valence-corrected chi connectivity index (χ4v) is 3.16. The highest BCUT2D eigenvalue weighted by Gasteiger charge is 2.13. The molecule has 0 amide bonds. The molecule has 162 valence electrons. The molecule has 8 nitrogen and oxygen atoms in total. The van der Waals surface area contributed by atoms with Crippen molar-refractivity contribution in [3.05, 3.63) is 100.0 Å². The van der Waals surface area contributed by atoms with Crippen LogP contribution in [0.4, 0.5) is 0 Å². The number of ether oxygens (including phenoxy) is 1. The van der Waals surface area contributed by atoms with E-state index >= 15 is 0 Å². The molecular weight excluding hydrogens is 406 g/mol. The van der Waals surface area contributed by atoms with Gasteiger partial charge in [0.05, 0.1) is 11.4 Å². The molecule has 32 heavy (non-hydrogen) atoms. The van der Waals surface area contributed by atoms with Crippen LogP contribution in [0.2, 0.25) is 0 Å². The molecule has 1 aromatic heterocycles. The van der Waals surface area contributed by atoms with E-state index in [9.17, 15) is 4.79 Å². The van der Waals surface area contributed by atoms with Crippen LogP contribution in [0.15, 0.2) is 82.7 Å². The SMILES string of the molecule is C/C(=N/Oc1ccccc1)c1cccc(OCc2c(C)cccc2-n2nnn(C)c2=O)c1. The number of hydrogen-bond donors (Lipinski definition) is 0. The van der Waals surface area contributed by atoms with Crippen LogP contribution < -0.4 is 15.3 Å². The van der Waals surface area contributed by atoms with Crippen LogP contribution in [-0.2, 0) is 13.7 Å². The van der Waals surface area contributed by atoms with Gasteiger partial charge in [-0.25, -0.2) is 4.79 Å². The molecule has 0 N–H and O–H groups in total. The lowest BCUT2D eigenvalue weighted by atomic mass is 10.1. The summed E-state index contributed by atoms with van der Waals surface area (Å²) in [6.45, 7) is 4.12. The summed E-state index contributed by atoms with van der Waals surface area (Å²) >= 11 is 0. The van der Waals surface area contributed by atoms with Gasteiger partial charge in [0.25, 0.3) is 0 Å². The predicted molar refractivity (Wildman–Crippen MR) is 121 cm³/mol. The molecule has 3 aromatic carbocycles. The highest BCUT2D eigenvalue weighted by atomic mass is 16.6. The molecule has 0 saturated carbocycles. The number of benzene rings is 3. The van der Waals surface area contributed by atoms with Gasteiger partial charge in [-0.1, -0.05) is 47.6 Å². The minimum atomic E-state index is -0.316. The molecule has 0 fully saturated rings. The highest BCUT2D eigenvalue weighted by molar-refractivity contribution is 5.98. The third kappa shape index (κ3) is 4.59. The van der Waals surface area contributed by atoms with Crippen LogP contribution in [0.25, 0.3) is 5.69 Å². The first-order valence-electron chi connectivity index (χ1n) is 10.1. The summed E-state index contributed by atoms with van der Waals surface area (Å²) in [5.41, 5.74) is 3.79. The van der Waals surface area contributed by atoms with E-state index < -0.39 is 0 Å². The lowest BCUT2D eigenvalue weighted by molar-refractivity contribution is 0.304. The summed E-state index contributed by atoms with van der Waals surface area (Å²) in [6.07, 6.45) is 0. The Bertz CT molecular complexity index is 1310. The van der Waals surface area contributed by atoms with E-state index in [1.54, 1.807) is 7.05 Å². The van der Waals surface area contributed by atoms with E-state index in [0.29, 0.717) is 17.2 Å². The lowest BCUT2D eigenvalue weighted by Gasteiger charge is -2.13. The maximum Gasteiger partial charge on any atom is 0.368 e. The number of aryl methyl sites for hydroxylation is 2. The van der Waals surface area contributed by atoms with Gasteiger partial charge in [-0.3, -0.25) is 0 Å². The van der Waals surface area contributed by atoms with E-state index in [0.717, 1.165) is 22.4 Å². The monoisotopic (exact) mass is 429 g/mol. The molecular formula is C24H23N5O3. The van der Waals surface area contributed by atoms with Crippen molar-refractivity contribution in [2.24, 2.45) is 12.2 Å². The average Bonchev–Trinajstić information content (AvgIpc) is 3.15. The minimum Gasteiger partial charge on any atom is -0.489 e. The normalized spacial score (nSPS) is 11.4. The number of hydrogen-bond acceptors (Lipinski definition) is 6. The second kappa shape index (κ2) is 9.30. The van der Waals surface area contributed by atoms with E-state index in [1.807, 2.05) is 86.6 Å². The maximum atomic E-state index is 12.3. The van der Waals surface area contributed by atoms with E-state index in [1.165, 1.54) is 9.36 Å². The third-order valence-electron chi connectivity index (χ3n) is 5.00. The van der Waals surface area contributed by atoms with Gasteiger partial charge in [-0.15, -0.1) is 0 Å². The van der Waals surface area contributed by atoms with Gasteiger partial charge in [-0.05, 0) is 60.2 Å². The smallest absolute Gasteiger partial charge is 0.368 e. The van der Waals surface area contributed by atoms with Crippen molar-refractivity contribution < 1.29 is 9.57 Å². The summed E-state index contributed by atoms with van der Waals surface area (Å²) < 4.78 is 8.54. The third-order valence-corrected chi connectivity index (χ3v) is 5.00. The highest BCUT2D eigenvalue weighted by Crippen LogP contribution is 2.21.